The maximum Gasteiger partial charge on any atom is 0.115 e. The van der Waals surface area contributed by atoms with E-state index in [1.807, 2.05) is 24.3 Å². The second kappa shape index (κ2) is 11.6. The molecule has 0 fully saturated rings. The Morgan fingerprint density at radius 3 is 0.786 bits per heavy atom. The summed E-state index contributed by atoms with van der Waals surface area (Å²) >= 11 is 0. The van der Waals surface area contributed by atoms with Gasteiger partial charge >= 0.3 is 0 Å². The summed E-state index contributed by atoms with van der Waals surface area (Å²) < 4.78 is 0. The Bertz CT molecular complexity index is 1530. The molecule has 0 aliphatic carbocycles. The molecule has 4 nitrogen and oxygen atoms in total. The second-order valence-corrected chi connectivity index (χ2v) is 10.5. The second-order valence-electron chi connectivity index (χ2n) is 10.5. The quantitative estimate of drug-likeness (QED) is 0.208. The molecule has 4 heteroatoms. The molecule has 0 aliphatic rings. The SMILES string of the molecule is Cc1ccc(N(c2ccc(C)cc2)c2ccc(-c3ccc(N(c4ccc(O)cc4)c4ccc(O)cc4)cc3)cc2)cc1. The number of hydrogen-bond acceptors (Lipinski definition) is 4. The molecule has 0 heterocycles. The van der Waals surface area contributed by atoms with Crippen molar-refractivity contribution < 1.29 is 10.2 Å². The van der Waals surface area contributed by atoms with E-state index in [0.717, 1.165) is 45.3 Å². The Morgan fingerprint density at radius 2 is 0.524 bits per heavy atom. The lowest BCUT2D eigenvalue weighted by molar-refractivity contribution is 0.475. The summed E-state index contributed by atoms with van der Waals surface area (Å²) in [6, 6.07) is 48.5. The molecule has 6 rings (SSSR count). The molecule has 0 bridgehead atoms. The van der Waals surface area contributed by atoms with Crippen molar-refractivity contribution in [3.8, 4) is 22.6 Å². The number of rotatable bonds is 7. The van der Waals surface area contributed by atoms with Crippen LogP contribution in [-0.2, 0) is 0 Å². The predicted octanol–water partition coefficient (Wildman–Crippen LogP) is 10.3. The average Bonchev–Trinajstić information content (AvgIpc) is 3.02. The van der Waals surface area contributed by atoms with E-state index in [9.17, 15) is 10.2 Å². The minimum Gasteiger partial charge on any atom is -0.508 e. The number of nitrogens with zero attached hydrogens (tertiary/aromatic N) is 2. The first-order chi connectivity index (χ1) is 20.4. The van der Waals surface area contributed by atoms with Crippen molar-refractivity contribution in [1.29, 1.82) is 0 Å². The maximum atomic E-state index is 9.83. The zero-order chi connectivity index (χ0) is 29.1. The van der Waals surface area contributed by atoms with Crippen LogP contribution in [0, 0.1) is 13.8 Å². The van der Waals surface area contributed by atoms with E-state index in [0.29, 0.717) is 0 Å². The van der Waals surface area contributed by atoms with Crippen LogP contribution >= 0.6 is 0 Å². The van der Waals surface area contributed by atoms with Crippen molar-refractivity contribution in [2.45, 2.75) is 13.8 Å². The number of aromatic hydroxyl groups is 2. The third-order valence-corrected chi connectivity index (χ3v) is 7.38. The number of aryl methyl sites for hydroxylation is 2. The third kappa shape index (κ3) is 5.70. The highest BCUT2D eigenvalue weighted by molar-refractivity contribution is 5.81. The van der Waals surface area contributed by atoms with Crippen LogP contribution in [0.1, 0.15) is 11.1 Å². The summed E-state index contributed by atoms with van der Waals surface area (Å²) in [7, 11) is 0. The fraction of sp³-hybridized carbons (Fsp3) is 0.0526. The molecule has 0 aliphatic heterocycles. The molecule has 0 unspecified atom stereocenters. The lowest BCUT2D eigenvalue weighted by atomic mass is 10.0. The number of phenolic OH excluding ortho intramolecular Hbond substituents is 2. The van der Waals surface area contributed by atoms with Crippen molar-refractivity contribution in [3.63, 3.8) is 0 Å². The normalized spacial score (nSPS) is 10.8. The first-order valence-corrected chi connectivity index (χ1v) is 14.0. The molecule has 0 radical (unpaired) electrons. The molecule has 0 atom stereocenters. The predicted molar refractivity (Wildman–Crippen MR) is 174 cm³/mol. The van der Waals surface area contributed by atoms with Gasteiger partial charge in [-0.25, -0.2) is 0 Å². The van der Waals surface area contributed by atoms with Crippen LogP contribution < -0.4 is 9.80 Å². The van der Waals surface area contributed by atoms with E-state index in [4.69, 9.17) is 0 Å². The third-order valence-electron chi connectivity index (χ3n) is 7.38. The number of benzene rings is 6. The molecular weight excluding hydrogens is 516 g/mol. The van der Waals surface area contributed by atoms with Gasteiger partial charge in [0, 0.05) is 34.1 Å². The Kier molecular flexibility index (Phi) is 7.35. The van der Waals surface area contributed by atoms with Gasteiger partial charge in [-0.2, -0.15) is 0 Å². The molecule has 206 valence electrons. The van der Waals surface area contributed by atoms with E-state index in [-0.39, 0.29) is 11.5 Å². The monoisotopic (exact) mass is 548 g/mol. The molecule has 0 saturated carbocycles. The zero-order valence-electron chi connectivity index (χ0n) is 23.6. The van der Waals surface area contributed by atoms with Crippen molar-refractivity contribution in [2.24, 2.45) is 0 Å². The first kappa shape index (κ1) is 26.7. The van der Waals surface area contributed by atoms with E-state index in [1.165, 1.54) is 11.1 Å². The highest BCUT2D eigenvalue weighted by atomic mass is 16.3. The summed E-state index contributed by atoms with van der Waals surface area (Å²) in [5.74, 6) is 0.429. The largest absolute Gasteiger partial charge is 0.508 e. The summed E-state index contributed by atoms with van der Waals surface area (Å²) in [6.45, 7) is 4.21. The van der Waals surface area contributed by atoms with Gasteiger partial charge in [0.1, 0.15) is 11.5 Å². The summed E-state index contributed by atoms with van der Waals surface area (Å²) in [5, 5.41) is 19.7. The van der Waals surface area contributed by atoms with E-state index < -0.39 is 0 Å². The molecule has 0 saturated heterocycles. The van der Waals surface area contributed by atoms with Gasteiger partial charge in [-0.3, -0.25) is 0 Å². The minimum atomic E-state index is 0.214. The van der Waals surface area contributed by atoms with E-state index in [1.54, 1.807) is 24.3 Å². The maximum absolute atomic E-state index is 9.83. The summed E-state index contributed by atoms with van der Waals surface area (Å²) in [4.78, 5) is 4.37. The van der Waals surface area contributed by atoms with Crippen molar-refractivity contribution in [1.82, 2.24) is 0 Å². The molecule has 2 N–H and O–H groups in total. The first-order valence-electron chi connectivity index (χ1n) is 14.0. The standard InChI is InChI=1S/C38H32N2O2/c1-27-3-11-31(12-4-27)39(32-13-5-28(2)6-14-32)33-15-7-29(8-16-33)30-9-17-34(18-10-30)40(35-19-23-37(41)24-20-35)36-21-25-38(42)26-22-36/h3-26,41-42H,1-2H3. The summed E-state index contributed by atoms with van der Waals surface area (Å²) in [6.07, 6.45) is 0. The lowest BCUT2D eigenvalue weighted by Gasteiger charge is -2.26. The van der Waals surface area contributed by atoms with Crippen LogP contribution in [0.5, 0.6) is 11.5 Å². The van der Waals surface area contributed by atoms with Crippen LogP contribution in [0.4, 0.5) is 34.1 Å². The average molecular weight is 549 g/mol. The molecule has 42 heavy (non-hydrogen) atoms. The van der Waals surface area contributed by atoms with Crippen molar-refractivity contribution in [3.05, 3.63) is 157 Å². The van der Waals surface area contributed by atoms with Crippen LogP contribution in [0.2, 0.25) is 0 Å². The van der Waals surface area contributed by atoms with Gasteiger partial charge in [-0.15, -0.1) is 0 Å². The molecule has 6 aromatic carbocycles. The Labute approximate surface area is 247 Å². The molecule has 0 amide bonds. The number of hydrogen-bond donors (Lipinski definition) is 2. The molecule has 6 aromatic rings. The zero-order valence-corrected chi connectivity index (χ0v) is 23.6. The Morgan fingerprint density at radius 1 is 0.310 bits per heavy atom. The van der Waals surface area contributed by atoms with Gasteiger partial charge < -0.3 is 20.0 Å². The van der Waals surface area contributed by atoms with Gasteiger partial charge in [0.05, 0.1) is 0 Å². The molecule has 0 aromatic heterocycles. The van der Waals surface area contributed by atoms with Crippen LogP contribution in [-0.4, -0.2) is 10.2 Å². The van der Waals surface area contributed by atoms with Gasteiger partial charge in [-0.1, -0.05) is 59.7 Å². The topological polar surface area (TPSA) is 46.9 Å². The van der Waals surface area contributed by atoms with Crippen LogP contribution in [0.3, 0.4) is 0 Å². The number of phenols is 2. The van der Waals surface area contributed by atoms with Gasteiger partial charge in [0.2, 0.25) is 0 Å². The number of anilines is 6. The smallest absolute Gasteiger partial charge is 0.115 e. The minimum absolute atomic E-state index is 0.214. The van der Waals surface area contributed by atoms with Crippen molar-refractivity contribution >= 4 is 34.1 Å². The van der Waals surface area contributed by atoms with Crippen molar-refractivity contribution in [2.75, 3.05) is 9.80 Å². The molecular formula is C38H32N2O2. The van der Waals surface area contributed by atoms with E-state index >= 15 is 0 Å². The van der Waals surface area contributed by atoms with Crippen LogP contribution in [0.25, 0.3) is 11.1 Å². The van der Waals surface area contributed by atoms with Crippen LogP contribution in [0.15, 0.2) is 146 Å². The fourth-order valence-electron chi connectivity index (χ4n) is 5.09. The lowest BCUT2D eigenvalue weighted by Crippen LogP contribution is -2.10. The van der Waals surface area contributed by atoms with Gasteiger partial charge in [0.15, 0.2) is 0 Å². The highest BCUT2D eigenvalue weighted by Crippen LogP contribution is 2.38. The van der Waals surface area contributed by atoms with E-state index in [2.05, 4.69) is 121 Å². The Balaban J connectivity index is 1.31. The van der Waals surface area contributed by atoms with Gasteiger partial charge in [0.25, 0.3) is 0 Å². The van der Waals surface area contributed by atoms with Gasteiger partial charge in [-0.05, 0) is 122 Å². The fourth-order valence-corrected chi connectivity index (χ4v) is 5.09. The Hall–Kier alpha value is -5.48. The highest BCUT2D eigenvalue weighted by Gasteiger charge is 2.15. The summed E-state index contributed by atoms with van der Waals surface area (Å²) in [5.41, 5.74) is 10.8. The molecule has 0 spiro atoms.